The zero-order valence-corrected chi connectivity index (χ0v) is 10.6. The molecular formula is C15H14N2O2. The van der Waals surface area contributed by atoms with E-state index in [0.29, 0.717) is 11.9 Å². The molecule has 0 aliphatic heterocycles. The highest BCUT2D eigenvalue weighted by atomic mass is 16.5. The first-order valence-electron chi connectivity index (χ1n) is 6.06. The third-order valence-corrected chi connectivity index (χ3v) is 3.07. The Labute approximate surface area is 110 Å². The fraction of sp³-hybridized carbons (Fsp3) is 0.133. The van der Waals surface area contributed by atoms with Crippen LogP contribution in [-0.2, 0) is 6.42 Å². The molecule has 19 heavy (non-hydrogen) atoms. The highest BCUT2D eigenvalue weighted by Crippen LogP contribution is 2.23. The predicted octanol–water partition coefficient (Wildman–Crippen LogP) is 2.87. The highest BCUT2D eigenvalue weighted by Gasteiger charge is 2.07. The number of nitrogens with zero attached hydrogens (tertiary/aromatic N) is 1. The minimum absolute atomic E-state index is 0.203. The second kappa shape index (κ2) is 4.65. The Kier molecular flexibility index (Phi) is 2.83. The average molecular weight is 254 g/mol. The number of hydrogen-bond acceptors (Lipinski definition) is 3. The molecular weight excluding hydrogens is 240 g/mol. The second-order valence-electron chi connectivity index (χ2n) is 4.38. The third-order valence-electron chi connectivity index (χ3n) is 3.07. The number of aromatic amines is 1. The number of H-pyrrole nitrogens is 1. The van der Waals surface area contributed by atoms with E-state index < -0.39 is 0 Å². The maximum absolute atomic E-state index is 9.72. The number of nitrogens with one attached hydrogen (secondary N) is 1. The van der Waals surface area contributed by atoms with Gasteiger partial charge in [0.1, 0.15) is 22.8 Å². The third kappa shape index (κ3) is 2.25. The van der Waals surface area contributed by atoms with E-state index in [1.54, 1.807) is 19.2 Å². The van der Waals surface area contributed by atoms with Crippen molar-refractivity contribution in [3.05, 3.63) is 53.9 Å². The van der Waals surface area contributed by atoms with E-state index >= 15 is 0 Å². The van der Waals surface area contributed by atoms with Crippen molar-refractivity contribution in [3.8, 4) is 11.5 Å². The van der Waals surface area contributed by atoms with Gasteiger partial charge in [-0.2, -0.15) is 0 Å². The van der Waals surface area contributed by atoms with E-state index in [-0.39, 0.29) is 5.75 Å². The molecule has 0 unspecified atom stereocenters. The maximum Gasteiger partial charge on any atom is 0.143 e. The zero-order chi connectivity index (χ0) is 13.2. The van der Waals surface area contributed by atoms with Crippen molar-refractivity contribution in [3.63, 3.8) is 0 Å². The molecule has 0 fully saturated rings. The first-order chi connectivity index (χ1) is 9.26. The van der Waals surface area contributed by atoms with Crippen LogP contribution in [0.3, 0.4) is 0 Å². The van der Waals surface area contributed by atoms with E-state index in [1.807, 2.05) is 30.3 Å². The van der Waals surface area contributed by atoms with Gasteiger partial charge in [0, 0.05) is 6.42 Å². The van der Waals surface area contributed by atoms with E-state index in [4.69, 9.17) is 4.74 Å². The smallest absolute Gasteiger partial charge is 0.143 e. The van der Waals surface area contributed by atoms with Gasteiger partial charge in [-0.1, -0.05) is 18.2 Å². The highest BCUT2D eigenvalue weighted by molar-refractivity contribution is 5.81. The molecule has 0 saturated heterocycles. The number of fused-ring (bicyclic) bond motifs is 1. The summed E-state index contributed by atoms with van der Waals surface area (Å²) < 4.78 is 5.13. The van der Waals surface area contributed by atoms with Crippen molar-refractivity contribution >= 4 is 11.0 Å². The Hall–Kier alpha value is -2.49. The molecule has 0 atom stereocenters. The van der Waals surface area contributed by atoms with Crippen LogP contribution in [0.25, 0.3) is 11.0 Å². The molecule has 96 valence electrons. The van der Waals surface area contributed by atoms with Crippen LogP contribution in [-0.4, -0.2) is 22.2 Å². The van der Waals surface area contributed by atoms with Gasteiger partial charge in [0.05, 0.1) is 12.6 Å². The molecule has 0 aliphatic rings. The van der Waals surface area contributed by atoms with Crippen LogP contribution in [0.1, 0.15) is 11.4 Å². The number of phenolic OH excluding ortho intramolecular Hbond substituents is 1. The normalized spacial score (nSPS) is 10.8. The summed E-state index contributed by atoms with van der Waals surface area (Å²) in [5.41, 5.74) is 2.61. The van der Waals surface area contributed by atoms with E-state index in [9.17, 15) is 5.11 Å². The summed E-state index contributed by atoms with van der Waals surface area (Å²) in [4.78, 5) is 7.62. The summed E-state index contributed by atoms with van der Waals surface area (Å²) in [6, 6.07) is 13.2. The number of imidazole rings is 1. The van der Waals surface area contributed by atoms with Crippen LogP contribution < -0.4 is 4.74 Å². The lowest BCUT2D eigenvalue weighted by molar-refractivity contribution is 0.414. The van der Waals surface area contributed by atoms with E-state index in [0.717, 1.165) is 22.7 Å². The standard InChI is InChI=1S/C15H14N2O2/c1-19-11-7-5-10(6-8-11)9-14-16-12-3-2-4-13(18)15(12)17-14/h2-8,18H,9H2,1H3,(H,16,17). The number of para-hydroxylation sites is 1. The van der Waals surface area contributed by atoms with Gasteiger partial charge in [0.25, 0.3) is 0 Å². The van der Waals surface area contributed by atoms with Crippen molar-refractivity contribution in [1.29, 1.82) is 0 Å². The van der Waals surface area contributed by atoms with Gasteiger partial charge in [0.2, 0.25) is 0 Å². The average Bonchev–Trinajstić information content (AvgIpc) is 2.84. The molecule has 1 heterocycles. The maximum atomic E-state index is 9.72. The van der Waals surface area contributed by atoms with Gasteiger partial charge in [-0.3, -0.25) is 0 Å². The Morgan fingerprint density at radius 1 is 1.16 bits per heavy atom. The van der Waals surface area contributed by atoms with Crippen LogP contribution in [0.4, 0.5) is 0 Å². The largest absolute Gasteiger partial charge is 0.506 e. The Balaban J connectivity index is 1.90. The van der Waals surface area contributed by atoms with Crippen molar-refractivity contribution in [2.24, 2.45) is 0 Å². The van der Waals surface area contributed by atoms with Gasteiger partial charge < -0.3 is 14.8 Å². The van der Waals surface area contributed by atoms with Gasteiger partial charge in [-0.05, 0) is 29.8 Å². The number of aromatic nitrogens is 2. The predicted molar refractivity (Wildman–Crippen MR) is 73.6 cm³/mol. The Bertz CT molecular complexity index is 702. The first kappa shape index (κ1) is 11.6. The van der Waals surface area contributed by atoms with Gasteiger partial charge in [-0.15, -0.1) is 0 Å². The van der Waals surface area contributed by atoms with Crippen molar-refractivity contribution in [2.45, 2.75) is 6.42 Å². The summed E-state index contributed by atoms with van der Waals surface area (Å²) >= 11 is 0. The molecule has 0 aliphatic carbocycles. The van der Waals surface area contributed by atoms with Crippen molar-refractivity contribution < 1.29 is 9.84 Å². The molecule has 0 bridgehead atoms. The second-order valence-corrected chi connectivity index (χ2v) is 4.38. The van der Waals surface area contributed by atoms with Crippen molar-refractivity contribution in [2.75, 3.05) is 7.11 Å². The van der Waals surface area contributed by atoms with Gasteiger partial charge >= 0.3 is 0 Å². The Morgan fingerprint density at radius 3 is 2.63 bits per heavy atom. The molecule has 3 rings (SSSR count). The monoisotopic (exact) mass is 254 g/mol. The first-order valence-corrected chi connectivity index (χ1v) is 6.06. The molecule has 2 aromatic carbocycles. The number of hydrogen-bond donors (Lipinski definition) is 2. The van der Waals surface area contributed by atoms with Crippen LogP contribution in [0.15, 0.2) is 42.5 Å². The quantitative estimate of drug-likeness (QED) is 0.755. The molecule has 0 spiro atoms. The molecule has 0 amide bonds. The van der Waals surface area contributed by atoms with Gasteiger partial charge in [0.15, 0.2) is 0 Å². The molecule has 0 saturated carbocycles. The topological polar surface area (TPSA) is 58.1 Å². The number of benzene rings is 2. The van der Waals surface area contributed by atoms with Crippen LogP contribution in [0.5, 0.6) is 11.5 Å². The summed E-state index contributed by atoms with van der Waals surface area (Å²) in [5.74, 6) is 1.88. The minimum Gasteiger partial charge on any atom is -0.506 e. The summed E-state index contributed by atoms with van der Waals surface area (Å²) in [5, 5.41) is 9.72. The van der Waals surface area contributed by atoms with E-state index in [1.165, 1.54) is 0 Å². The molecule has 3 aromatic rings. The lowest BCUT2D eigenvalue weighted by atomic mass is 10.1. The number of methoxy groups -OCH3 is 1. The molecule has 2 N–H and O–H groups in total. The Morgan fingerprint density at radius 2 is 1.95 bits per heavy atom. The minimum atomic E-state index is 0.203. The molecule has 1 aromatic heterocycles. The number of aromatic hydroxyl groups is 1. The van der Waals surface area contributed by atoms with E-state index in [2.05, 4.69) is 9.97 Å². The fourth-order valence-electron chi connectivity index (χ4n) is 2.09. The lowest BCUT2D eigenvalue weighted by Crippen LogP contribution is -1.91. The fourth-order valence-corrected chi connectivity index (χ4v) is 2.09. The van der Waals surface area contributed by atoms with Crippen LogP contribution in [0, 0.1) is 0 Å². The van der Waals surface area contributed by atoms with Gasteiger partial charge in [-0.25, -0.2) is 4.98 Å². The van der Waals surface area contributed by atoms with Crippen LogP contribution in [0.2, 0.25) is 0 Å². The molecule has 4 heteroatoms. The zero-order valence-electron chi connectivity index (χ0n) is 10.6. The summed E-state index contributed by atoms with van der Waals surface area (Å²) in [7, 11) is 1.65. The number of ether oxygens (including phenoxy) is 1. The summed E-state index contributed by atoms with van der Waals surface area (Å²) in [6.45, 7) is 0. The van der Waals surface area contributed by atoms with Crippen molar-refractivity contribution in [1.82, 2.24) is 9.97 Å². The summed E-state index contributed by atoms with van der Waals surface area (Å²) in [6.07, 6.45) is 0.693. The SMILES string of the molecule is COc1ccc(Cc2nc3c(O)cccc3[nH]2)cc1. The molecule has 0 radical (unpaired) electrons. The number of rotatable bonds is 3. The van der Waals surface area contributed by atoms with Crippen LogP contribution >= 0.6 is 0 Å². The molecule has 4 nitrogen and oxygen atoms in total. The lowest BCUT2D eigenvalue weighted by Gasteiger charge is -2.01. The number of phenols is 1.